The summed E-state index contributed by atoms with van der Waals surface area (Å²) in [6.45, 7) is 0.163. The summed E-state index contributed by atoms with van der Waals surface area (Å²) < 4.78 is 16.7. The predicted octanol–water partition coefficient (Wildman–Crippen LogP) is 4.94. The van der Waals surface area contributed by atoms with E-state index in [1.807, 2.05) is 72.8 Å². The van der Waals surface area contributed by atoms with Crippen LogP contribution in [0.4, 0.5) is 0 Å². The molecule has 0 spiro atoms. The van der Waals surface area contributed by atoms with Gasteiger partial charge in [0, 0.05) is 11.5 Å². The normalized spacial score (nSPS) is 11.1. The standard InChI is InChI=1S/C24H18N2O4/c27-24(15-28-20-10-9-16-5-1-2-6-17(16)11-20)25-14-19-13-23(30-26-19)22-12-18-7-3-4-8-21(18)29-22/h1-13H,14-15H2,(H,25,27). The molecule has 148 valence electrons. The van der Waals surface area contributed by atoms with E-state index in [9.17, 15) is 4.79 Å². The Labute approximate surface area is 172 Å². The van der Waals surface area contributed by atoms with E-state index in [4.69, 9.17) is 13.7 Å². The minimum Gasteiger partial charge on any atom is -0.484 e. The summed E-state index contributed by atoms with van der Waals surface area (Å²) in [6, 6.07) is 25.1. The summed E-state index contributed by atoms with van der Waals surface area (Å²) in [6.07, 6.45) is 0. The Hall–Kier alpha value is -4.06. The molecule has 30 heavy (non-hydrogen) atoms. The van der Waals surface area contributed by atoms with E-state index in [-0.39, 0.29) is 19.1 Å². The molecule has 0 fully saturated rings. The van der Waals surface area contributed by atoms with Crippen LogP contribution in [0.25, 0.3) is 33.3 Å². The fourth-order valence-electron chi connectivity index (χ4n) is 3.26. The quantitative estimate of drug-likeness (QED) is 0.439. The van der Waals surface area contributed by atoms with Crippen molar-refractivity contribution in [3.05, 3.63) is 84.6 Å². The van der Waals surface area contributed by atoms with Gasteiger partial charge < -0.3 is 19.0 Å². The Balaban J connectivity index is 1.17. The SMILES string of the molecule is O=C(COc1ccc2ccccc2c1)NCc1cc(-c2cc3ccccc3o2)on1. The molecule has 0 aliphatic carbocycles. The van der Waals surface area contributed by atoms with Crippen molar-refractivity contribution in [2.24, 2.45) is 0 Å². The second-order valence-electron chi connectivity index (χ2n) is 6.91. The lowest BCUT2D eigenvalue weighted by Gasteiger charge is -2.07. The average Bonchev–Trinajstić information content (AvgIpc) is 3.43. The number of carbonyl (C=O) groups excluding carboxylic acids is 1. The molecule has 6 heteroatoms. The molecule has 1 amide bonds. The number of carbonyl (C=O) groups is 1. The minimum atomic E-state index is -0.239. The maximum atomic E-state index is 12.1. The van der Waals surface area contributed by atoms with Crippen LogP contribution in [-0.4, -0.2) is 17.7 Å². The first-order chi connectivity index (χ1) is 14.7. The number of fused-ring (bicyclic) bond motifs is 2. The number of para-hydroxylation sites is 1. The van der Waals surface area contributed by atoms with Crippen LogP contribution >= 0.6 is 0 Å². The zero-order chi connectivity index (χ0) is 20.3. The van der Waals surface area contributed by atoms with Crippen molar-refractivity contribution < 1.29 is 18.5 Å². The second-order valence-corrected chi connectivity index (χ2v) is 6.91. The number of benzene rings is 3. The average molecular weight is 398 g/mol. The van der Waals surface area contributed by atoms with Gasteiger partial charge in [0.1, 0.15) is 17.0 Å². The largest absolute Gasteiger partial charge is 0.484 e. The van der Waals surface area contributed by atoms with Gasteiger partial charge in [-0.15, -0.1) is 0 Å². The molecule has 5 aromatic rings. The molecule has 3 aromatic carbocycles. The number of hydrogen-bond acceptors (Lipinski definition) is 5. The minimum absolute atomic E-state index is 0.0768. The van der Waals surface area contributed by atoms with Crippen molar-refractivity contribution in [3.8, 4) is 17.3 Å². The lowest BCUT2D eigenvalue weighted by atomic mass is 10.1. The van der Waals surface area contributed by atoms with Crippen LogP contribution in [-0.2, 0) is 11.3 Å². The third-order valence-electron chi connectivity index (χ3n) is 4.78. The van der Waals surface area contributed by atoms with E-state index < -0.39 is 0 Å². The summed E-state index contributed by atoms with van der Waals surface area (Å²) in [4.78, 5) is 12.1. The van der Waals surface area contributed by atoms with E-state index in [2.05, 4.69) is 10.5 Å². The third-order valence-corrected chi connectivity index (χ3v) is 4.78. The summed E-state index contributed by atoms with van der Waals surface area (Å²) in [5.74, 6) is 1.53. The number of amides is 1. The molecule has 0 aliphatic heterocycles. The predicted molar refractivity (Wildman–Crippen MR) is 113 cm³/mol. The molecular weight excluding hydrogens is 380 g/mol. The van der Waals surface area contributed by atoms with Crippen molar-refractivity contribution >= 4 is 27.6 Å². The van der Waals surface area contributed by atoms with Crippen molar-refractivity contribution in [3.63, 3.8) is 0 Å². The van der Waals surface area contributed by atoms with Crippen LogP contribution in [0.5, 0.6) is 5.75 Å². The Morgan fingerprint density at radius 3 is 2.53 bits per heavy atom. The Bertz CT molecular complexity index is 1300. The molecular formula is C24H18N2O4. The smallest absolute Gasteiger partial charge is 0.258 e. The van der Waals surface area contributed by atoms with Crippen LogP contribution in [0.15, 0.2) is 87.8 Å². The van der Waals surface area contributed by atoms with E-state index in [1.165, 1.54) is 0 Å². The highest BCUT2D eigenvalue weighted by atomic mass is 16.5. The summed E-state index contributed by atoms with van der Waals surface area (Å²) >= 11 is 0. The van der Waals surface area contributed by atoms with Gasteiger partial charge in [-0.1, -0.05) is 53.7 Å². The van der Waals surface area contributed by atoms with Crippen LogP contribution in [0, 0.1) is 0 Å². The maximum absolute atomic E-state index is 12.1. The van der Waals surface area contributed by atoms with Gasteiger partial charge >= 0.3 is 0 Å². The van der Waals surface area contributed by atoms with Gasteiger partial charge in [0.05, 0.1) is 6.54 Å². The van der Waals surface area contributed by atoms with E-state index >= 15 is 0 Å². The molecule has 0 radical (unpaired) electrons. The highest BCUT2D eigenvalue weighted by Crippen LogP contribution is 2.28. The van der Waals surface area contributed by atoms with E-state index in [1.54, 1.807) is 6.07 Å². The number of nitrogens with one attached hydrogen (secondary N) is 1. The number of furan rings is 1. The third kappa shape index (κ3) is 3.75. The first-order valence-electron chi connectivity index (χ1n) is 9.57. The zero-order valence-electron chi connectivity index (χ0n) is 16.0. The molecule has 0 atom stereocenters. The second kappa shape index (κ2) is 7.75. The molecule has 0 saturated heterocycles. The summed E-state index contributed by atoms with van der Waals surface area (Å²) in [7, 11) is 0. The van der Waals surface area contributed by atoms with Gasteiger partial charge in [-0.05, 0) is 35.0 Å². The molecule has 0 unspecified atom stereocenters. The number of aromatic nitrogens is 1. The highest BCUT2D eigenvalue weighted by Gasteiger charge is 2.13. The van der Waals surface area contributed by atoms with Crippen LogP contribution in [0.3, 0.4) is 0 Å². The van der Waals surface area contributed by atoms with Crippen molar-refractivity contribution in [2.45, 2.75) is 6.54 Å². The summed E-state index contributed by atoms with van der Waals surface area (Å²) in [5.41, 5.74) is 1.38. The van der Waals surface area contributed by atoms with Gasteiger partial charge in [-0.3, -0.25) is 4.79 Å². The monoisotopic (exact) mass is 398 g/mol. The number of nitrogens with zero attached hydrogens (tertiary/aromatic N) is 1. The number of hydrogen-bond donors (Lipinski definition) is 1. The Morgan fingerprint density at radius 1 is 0.867 bits per heavy atom. The van der Waals surface area contributed by atoms with Gasteiger partial charge in [-0.25, -0.2) is 0 Å². The van der Waals surface area contributed by atoms with Crippen LogP contribution in [0.2, 0.25) is 0 Å². The first kappa shape index (κ1) is 18.0. The van der Waals surface area contributed by atoms with Gasteiger partial charge in [0.15, 0.2) is 12.4 Å². The maximum Gasteiger partial charge on any atom is 0.258 e. The number of ether oxygens (including phenoxy) is 1. The zero-order valence-corrected chi connectivity index (χ0v) is 16.0. The lowest BCUT2D eigenvalue weighted by Crippen LogP contribution is -2.28. The van der Waals surface area contributed by atoms with Gasteiger partial charge in [0.2, 0.25) is 5.76 Å². The van der Waals surface area contributed by atoms with E-state index in [0.29, 0.717) is 23.0 Å². The molecule has 2 aromatic heterocycles. The van der Waals surface area contributed by atoms with Crippen molar-refractivity contribution in [2.75, 3.05) is 6.61 Å². The van der Waals surface area contributed by atoms with Gasteiger partial charge in [-0.2, -0.15) is 0 Å². The molecule has 1 N–H and O–H groups in total. The fourth-order valence-corrected chi connectivity index (χ4v) is 3.26. The lowest BCUT2D eigenvalue weighted by molar-refractivity contribution is -0.123. The van der Waals surface area contributed by atoms with Crippen molar-refractivity contribution in [1.82, 2.24) is 10.5 Å². The first-order valence-corrected chi connectivity index (χ1v) is 9.57. The Kier molecular flexibility index (Phi) is 4.65. The van der Waals surface area contributed by atoms with Crippen LogP contribution < -0.4 is 10.1 Å². The molecule has 6 nitrogen and oxygen atoms in total. The highest BCUT2D eigenvalue weighted by molar-refractivity contribution is 5.84. The molecule has 0 saturated carbocycles. The van der Waals surface area contributed by atoms with Crippen molar-refractivity contribution in [1.29, 1.82) is 0 Å². The topological polar surface area (TPSA) is 77.5 Å². The molecule has 2 heterocycles. The molecule has 0 bridgehead atoms. The van der Waals surface area contributed by atoms with Gasteiger partial charge in [0.25, 0.3) is 5.91 Å². The van der Waals surface area contributed by atoms with Crippen LogP contribution in [0.1, 0.15) is 5.69 Å². The fraction of sp³-hybridized carbons (Fsp3) is 0.0833. The molecule has 0 aliphatic rings. The summed E-state index contributed by atoms with van der Waals surface area (Å²) in [5, 5.41) is 9.96. The number of rotatable bonds is 6. The van der Waals surface area contributed by atoms with E-state index in [0.717, 1.165) is 21.7 Å². The molecule has 5 rings (SSSR count). The Morgan fingerprint density at radius 2 is 1.67 bits per heavy atom.